The normalized spacial score (nSPS) is 20.2. The molecule has 0 N–H and O–H groups in total. The van der Waals surface area contributed by atoms with Crippen LogP contribution in [0.3, 0.4) is 0 Å². The van der Waals surface area contributed by atoms with E-state index in [9.17, 15) is 19.2 Å². The van der Waals surface area contributed by atoms with Crippen molar-refractivity contribution in [1.29, 1.82) is 0 Å². The van der Waals surface area contributed by atoms with Gasteiger partial charge in [-0.05, 0) is 67.4 Å². The summed E-state index contributed by atoms with van der Waals surface area (Å²) in [5, 5.41) is 0.191. The van der Waals surface area contributed by atoms with E-state index in [0.717, 1.165) is 11.2 Å². The van der Waals surface area contributed by atoms with Crippen LogP contribution in [0.5, 0.6) is 0 Å². The highest BCUT2D eigenvalue weighted by Crippen LogP contribution is 2.51. The Bertz CT molecular complexity index is 2390. The minimum absolute atomic E-state index is 0.0607. The van der Waals surface area contributed by atoms with Crippen LogP contribution >= 0.6 is 22.6 Å². The number of hydrogen-bond acceptors (Lipinski definition) is 9. The molecule has 2 amide bonds. The lowest BCUT2D eigenvalue weighted by Crippen LogP contribution is -2.54. The van der Waals surface area contributed by atoms with Crippen molar-refractivity contribution in [2.75, 3.05) is 9.33 Å². The molecule has 1 aliphatic rings. The van der Waals surface area contributed by atoms with E-state index in [0.29, 0.717) is 0 Å². The van der Waals surface area contributed by atoms with Crippen LogP contribution in [0.4, 0.5) is 10.2 Å². The number of benzene rings is 4. The molecule has 6 aromatic rings. The number of halogens is 2. The molecule has 55 heavy (non-hydrogen) atoms. The van der Waals surface area contributed by atoms with Gasteiger partial charge in [-0.15, -0.1) is 5.92 Å². The first-order chi connectivity index (χ1) is 26.7. The Morgan fingerprint density at radius 2 is 1.29 bits per heavy atom. The fourth-order valence-corrected chi connectivity index (χ4v) is 6.92. The number of esters is 2. The lowest BCUT2D eigenvalue weighted by Gasteiger charge is -2.34. The number of amides is 2. The maximum Gasteiger partial charge on any atom is 0.339 e. The SMILES string of the molecule is CC#C[C@]1(OC(=O)c2ccccc2)C(n2ccc3c(N(C(=O)c4ccccc4)C(=O)c4ccccc4)ncnc32)O[C@](F)(CI)[C@H]1OC(=O)c1ccccc1. The molecule has 0 saturated carbocycles. The Kier molecular flexibility index (Phi) is 10.5. The van der Waals surface area contributed by atoms with E-state index in [1.807, 2.05) is 0 Å². The predicted octanol–water partition coefficient (Wildman–Crippen LogP) is 7.39. The van der Waals surface area contributed by atoms with Gasteiger partial charge < -0.3 is 18.8 Å². The summed E-state index contributed by atoms with van der Waals surface area (Å²) in [6.07, 6.45) is -0.957. The number of aromatic nitrogens is 3. The van der Waals surface area contributed by atoms with Crippen LogP contribution in [0, 0.1) is 11.8 Å². The molecule has 1 saturated heterocycles. The summed E-state index contributed by atoms with van der Waals surface area (Å²) in [5.41, 5.74) is -1.59. The molecular weight excluding hydrogens is 818 g/mol. The molecular formula is C42H30FIN4O7. The second-order valence-electron chi connectivity index (χ2n) is 12.3. The van der Waals surface area contributed by atoms with Gasteiger partial charge in [-0.1, -0.05) is 95.4 Å². The maximum atomic E-state index is 17.4. The molecule has 0 aliphatic carbocycles. The van der Waals surface area contributed by atoms with E-state index >= 15 is 4.39 Å². The third kappa shape index (κ3) is 6.97. The summed E-state index contributed by atoms with van der Waals surface area (Å²) in [5.74, 6) is -0.378. The topological polar surface area (TPSA) is 130 Å². The summed E-state index contributed by atoms with van der Waals surface area (Å²) in [4.78, 5) is 65.6. The van der Waals surface area contributed by atoms with Gasteiger partial charge in [-0.2, -0.15) is 0 Å². The summed E-state index contributed by atoms with van der Waals surface area (Å²) in [7, 11) is 0. The lowest BCUT2D eigenvalue weighted by molar-refractivity contribution is -0.168. The van der Waals surface area contributed by atoms with Crippen LogP contribution in [-0.2, 0) is 14.2 Å². The molecule has 1 unspecified atom stereocenters. The van der Waals surface area contributed by atoms with Gasteiger partial charge >= 0.3 is 11.9 Å². The van der Waals surface area contributed by atoms with Crippen molar-refractivity contribution < 1.29 is 37.8 Å². The van der Waals surface area contributed by atoms with Crippen LogP contribution in [0.2, 0.25) is 0 Å². The van der Waals surface area contributed by atoms with Gasteiger partial charge in [0.05, 0.1) is 20.9 Å². The monoisotopic (exact) mass is 848 g/mol. The first-order valence-electron chi connectivity index (χ1n) is 16.9. The Hall–Kier alpha value is -6.24. The maximum absolute atomic E-state index is 17.4. The Morgan fingerprint density at radius 1 is 0.782 bits per heavy atom. The average molecular weight is 849 g/mol. The molecule has 4 atom stereocenters. The van der Waals surface area contributed by atoms with Crippen molar-refractivity contribution >= 4 is 63.2 Å². The van der Waals surface area contributed by atoms with Crippen LogP contribution in [0.15, 0.2) is 140 Å². The van der Waals surface area contributed by atoms with Crippen LogP contribution in [-0.4, -0.2) is 60.3 Å². The third-order valence-corrected chi connectivity index (χ3v) is 9.90. The zero-order valence-corrected chi connectivity index (χ0v) is 31.2. The van der Waals surface area contributed by atoms with Gasteiger partial charge in [0.15, 0.2) is 12.0 Å². The van der Waals surface area contributed by atoms with E-state index in [1.165, 1.54) is 48.0 Å². The van der Waals surface area contributed by atoms with Crippen molar-refractivity contribution in [1.82, 2.24) is 14.5 Å². The molecule has 1 aliphatic heterocycles. The minimum atomic E-state index is -2.76. The quantitative estimate of drug-likeness (QED) is 0.0481. The fraction of sp³-hybridized carbons (Fsp3) is 0.143. The third-order valence-electron chi connectivity index (χ3n) is 8.86. The number of alkyl halides is 2. The van der Waals surface area contributed by atoms with E-state index in [1.54, 1.807) is 120 Å². The van der Waals surface area contributed by atoms with Gasteiger partial charge in [0.2, 0.25) is 6.10 Å². The molecule has 4 aromatic carbocycles. The van der Waals surface area contributed by atoms with Crippen molar-refractivity contribution in [3.05, 3.63) is 162 Å². The highest BCUT2D eigenvalue weighted by molar-refractivity contribution is 14.1. The fourth-order valence-electron chi connectivity index (χ4n) is 6.34. The molecule has 11 nitrogen and oxygen atoms in total. The summed E-state index contributed by atoms with van der Waals surface area (Å²) < 4.78 is 36.6. The predicted molar refractivity (Wildman–Crippen MR) is 208 cm³/mol. The number of imide groups is 1. The number of rotatable bonds is 9. The van der Waals surface area contributed by atoms with E-state index in [-0.39, 0.29) is 43.5 Å². The molecule has 274 valence electrons. The summed E-state index contributed by atoms with van der Waals surface area (Å²) in [6, 6.07) is 33.9. The first-order valence-corrected chi connectivity index (χ1v) is 18.4. The number of carbonyl (C=O) groups is 4. The van der Waals surface area contributed by atoms with Crippen molar-refractivity contribution in [3.8, 4) is 11.8 Å². The molecule has 2 aromatic heterocycles. The zero-order valence-electron chi connectivity index (χ0n) is 29.0. The first kappa shape index (κ1) is 37.1. The van der Waals surface area contributed by atoms with Gasteiger partial charge in [0.25, 0.3) is 23.3 Å². The van der Waals surface area contributed by atoms with Crippen molar-refractivity contribution in [2.24, 2.45) is 0 Å². The van der Waals surface area contributed by atoms with Crippen LogP contribution < -0.4 is 4.90 Å². The van der Waals surface area contributed by atoms with E-state index < -0.39 is 47.5 Å². The number of hydrogen-bond donors (Lipinski definition) is 0. The summed E-state index contributed by atoms with van der Waals surface area (Å²) in [6.45, 7) is 1.46. The zero-order chi connectivity index (χ0) is 38.6. The van der Waals surface area contributed by atoms with Crippen molar-refractivity contribution in [2.45, 2.75) is 30.7 Å². The lowest BCUT2D eigenvalue weighted by atomic mass is 9.92. The standard InChI is InChI=1S/C42H30FIN4O7/c1-2-24-41(54-38(52)31-21-13-6-14-22-31)39(53-37(51)30-19-11-5-12-20-30)42(43,26-44)55-40(41)47-25-23-32-33(47)45-27-46-34(32)48(35(49)28-15-7-3-8-16-28)36(50)29-17-9-4-10-18-29/h3-23,25,27,39-40H,26H2,1H3/t39-,40?,41+,42+/m0/s1. The van der Waals surface area contributed by atoms with Gasteiger partial charge in [0, 0.05) is 17.3 Å². The number of anilines is 1. The molecule has 0 radical (unpaired) electrons. The Balaban J connectivity index is 1.40. The highest BCUT2D eigenvalue weighted by Gasteiger charge is 2.70. The van der Waals surface area contributed by atoms with Crippen LogP contribution in [0.25, 0.3) is 11.0 Å². The molecule has 7 rings (SSSR count). The van der Waals surface area contributed by atoms with E-state index in [2.05, 4.69) is 21.8 Å². The number of carbonyl (C=O) groups excluding carboxylic acids is 4. The van der Waals surface area contributed by atoms with Gasteiger partial charge in [-0.25, -0.2) is 28.8 Å². The smallest absolute Gasteiger partial charge is 0.339 e. The van der Waals surface area contributed by atoms with E-state index in [4.69, 9.17) is 14.2 Å². The second kappa shape index (κ2) is 15.6. The number of nitrogens with zero attached hydrogens (tertiary/aromatic N) is 4. The minimum Gasteiger partial charge on any atom is -0.447 e. The molecule has 1 fully saturated rings. The average Bonchev–Trinajstić information content (AvgIpc) is 3.76. The second-order valence-corrected chi connectivity index (χ2v) is 13.1. The molecule has 0 bridgehead atoms. The number of ether oxygens (including phenoxy) is 3. The van der Waals surface area contributed by atoms with Gasteiger partial charge in [0.1, 0.15) is 12.0 Å². The molecule has 3 heterocycles. The Labute approximate surface area is 328 Å². The number of fused-ring (bicyclic) bond motifs is 1. The molecule has 13 heteroatoms. The molecule has 0 spiro atoms. The highest BCUT2D eigenvalue weighted by atomic mass is 127. The van der Waals surface area contributed by atoms with Gasteiger partial charge in [-0.3, -0.25) is 9.59 Å². The largest absolute Gasteiger partial charge is 0.447 e. The van der Waals surface area contributed by atoms with Crippen LogP contribution in [0.1, 0.15) is 54.6 Å². The van der Waals surface area contributed by atoms with Crippen molar-refractivity contribution in [3.63, 3.8) is 0 Å². The summed E-state index contributed by atoms with van der Waals surface area (Å²) >= 11 is 1.76. The Morgan fingerprint density at radius 3 is 1.80 bits per heavy atom.